The van der Waals surface area contributed by atoms with Crippen molar-refractivity contribution in [3.8, 4) is 0 Å². The molecule has 3 aliphatic rings. The summed E-state index contributed by atoms with van der Waals surface area (Å²) in [6.45, 7) is 11.1. The van der Waals surface area contributed by atoms with E-state index in [0.717, 1.165) is 51.9 Å². The first-order valence-electron chi connectivity index (χ1n) is 9.45. The molecule has 0 spiro atoms. The molecule has 2 aliphatic heterocycles. The van der Waals surface area contributed by atoms with Gasteiger partial charge in [-0.05, 0) is 58.3 Å². The van der Waals surface area contributed by atoms with Crippen LogP contribution in [0.4, 0.5) is 4.79 Å². The van der Waals surface area contributed by atoms with Gasteiger partial charge < -0.3 is 14.5 Å². The molecule has 136 valence electrons. The topological polar surface area (TPSA) is 49.9 Å². The van der Waals surface area contributed by atoms with Crippen LogP contribution in [-0.4, -0.2) is 53.6 Å². The lowest BCUT2D eigenvalue weighted by Crippen LogP contribution is -2.46. The molecule has 0 bridgehead atoms. The van der Waals surface area contributed by atoms with Gasteiger partial charge in [-0.1, -0.05) is 13.3 Å². The van der Waals surface area contributed by atoms with Gasteiger partial charge in [-0.25, -0.2) is 4.79 Å². The van der Waals surface area contributed by atoms with E-state index in [0.29, 0.717) is 17.7 Å². The third-order valence-corrected chi connectivity index (χ3v) is 6.03. The summed E-state index contributed by atoms with van der Waals surface area (Å²) in [5.74, 6) is 1.37. The predicted molar refractivity (Wildman–Crippen MR) is 92.6 cm³/mol. The number of hydrogen-bond acceptors (Lipinski definition) is 3. The molecule has 1 aliphatic carbocycles. The average Bonchev–Trinajstić information content (AvgIpc) is 2.76. The average molecular weight is 336 g/mol. The maximum absolute atomic E-state index is 12.7. The zero-order valence-electron chi connectivity index (χ0n) is 15.6. The lowest BCUT2D eigenvalue weighted by molar-refractivity contribution is -0.146. The number of carbonyl (C=O) groups is 2. The van der Waals surface area contributed by atoms with Crippen LogP contribution in [0.15, 0.2) is 0 Å². The van der Waals surface area contributed by atoms with Crippen LogP contribution in [0.5, 0.6) is 0 Å². The highest BCUT2D eigenvalue weighted by molar-refractivity contribution is 5.83. The molecule has 2 saturated heterocycles. The van der Waals surface area contributed by atoms with Gasteiger partial charge in [-0.2, -0.15) is 0 Å². The highest BCUT2D eigenvalue weighted by atomic mass is 16.6. The molecule has 0 aromatic heterocycles. The molecule has 0 N–H and O–H groups in total. The molecule has 0 aromatic rings. The fraction of sp³-hybridized carbons (Fsp3) is 0.895. The summed E-state index contributed by atoms with van der Waals surface area (Å²) in [4.78, 5) is 29.0. The predicted octanol–water partition coefficient (Wildman–Crippen LogP) is 3.28. The summed E-state index contributed by atoms with van der Waals surface area (Å²) in [7, 11) is 0. The van der Waals surface area contributed by atoms with Crippen LogP contribution in [0.3, 0.4) is 0 Å². The first-order valence-corrected chi connectivity index (χ1v) is 9.45. The van der Waals surface area contributed by atoms with Crippen molar-refractivity contribution in [2.75, 3.05) is 26.2 Å². The zero-order valence-corrected chi connectivity index (χ0v) is 15.6. The summed E-state index contributed by atoms with van der Waals surface area (Å²) in [6.07, 6.45) is 5.10. The number of likely N-dealkylation sites (tertiary alicyclic amines) is 2. The number of ether oxygens (including phenoxy) is 1. The third-order valence-electron chi connectivity index (χ3n) is 6.03. The second kappa shape index (κ2) is 6.23. The monoisotopic (exact) mass is 336 g/mol. The number of carbonyl (C=O) groups excluding carboxylic acids is 2. The molecule has 0 radical (unpaired) electrons. The van der Waals surface area contributed by atoms with Gasteiger partial charge in [0.1, 0.15) is 5.60 Å². The largest absolute Gasteiger partial charge is 0.444 e. The Morgan fingerprint density at radius 2 is 1.54 bits per heavy atom. The Morgan fingerprint density at radius 3 is 1.96 bits per heavy atom. The molecule has 2 amide bonds. The summed E-state index contributed by atoms with van der Waals surface area (Å²) < 4.78 is 5.51. The molecule has 0 unspecified atom stereocenters. The van der Waals surface area contributed by atoms with Crippen molar-refractivity contribution in [2.45, 2.75) is 65.4 Å². The molecule has 3 fully saturated rings. The second-order valence-electron chi connectivity index (χ2n) is 9.19. The van der Waals surface area contributed by atoms with E-state index in [9.17, 15) is 9.59 Å². The van der Waals surface area contributed by atoms with Crippen molar-refractivity contribution in [1.29, 1.82) is 0 Å². The molecule has 0 aromatic carbocycles. The van der Waals surface area contributed by atoms with Gasteiger partial charge in [-0.15, -0.1) is 0 Å². The molecule has 2 atom stereocenters. The Hall–Kier alpha value is -1.26. The first-order chi connectivity index (χ1) is 11.2. The van der Waals surface area contributed by atoms with Crippen LogP contribution < -0.4 is 0 Å². The molecule has 5 heteroatoms. The van der Waals surface area contributed by atoms with Crippen LogP contribution in [0.1, 0.15) is 59.8 Å². The molecule has 3 rings (SSSR count). The number of rotatable bonds is 1. The molecule has 24 heavy (non-hydrogen) atoms. The van der Waals surface area contributed by atoms with E-state index in [-0.39, 0.29) is 11.5 Å². The van der Waals surface area contributed by atoms with Crippen molar-refractivity contribution in [3.05, 3.63) is 0 Å². The lowest BCUT2D eigenvalue weighted by Gasteiger charge is -2.40. The van der Waals surface area contributed by atoms with Gasteiger partial charge in [0.15, 0.2) is 0 Å². The zero-order chi connectivity index (χ0) is 17.5. The standard InChI is InChI=1S/C19H32N2O3/c1-18(2,3)24-17(23)21-12-14-6-10-20(11-7-15(14)13-21)16(22)19(4)8-5-9-19/h14-15H,5-13H2,1-4H3/t14-,15+. The Kier molecular flexibility index (Phi) is 4.56. The Morgan fingerprint density at radius 1 is 1.00 bits per heavy atom. The van der Waals surface area contributed by atoms with Crippen LogP contribution >= 0.6 is 0 Å². The molecule has 5 nitrogen and oxygen atoms in total. The van der Waals surface area contributed by atoms with E-state index in [1.54, 1.807) is 0 Å². The van der Waals surface area contributed by atoms with Gasteiger partial charge in [0.2, 0.25) is 5.91 Å². The molecular weight excluding hydrogens is 304 g/mol. The fourth-order valence-electron chi connectivity index (χ4n) is 4.33. The van der Waals surface area contributed by atoms with E-state index in [1.165, 1.54) is 6.42 Å². The van der Waals surface area contributed by atoms with Crippen molar-refractivity contribution < 1.29 is 14.3 Å². The summed E-state index contributed by atoms with van der Waals surface area (Å²) in [6, 6.07) is 0. The lowest BCUT2D eigenvalue weighted by atomic mass is 9.69. The normalized spacial score (nSPS) is 29.5. The Balaban J connectivity index is 1.54. The minimum atomic E-state index is -0.441. The van der Waals surface area contributed by atoms with Crippen LogP contribution in [0, 0.1) is 17.3 Å². The van der Waals surface area contributed by atoms with Crippen molar-refractivity contribution in [2.24, 2.45) is 17.3 Å². The van der Waals surface area contributed by atoms with E-state index in [4.69, 9.17) is 4.74 Å². The maximum Gasteiger partial charge on any atom is 0.410 e. The maximum atomic E-state index is 12.7. The van der Waals surface area contributed by atoms with E-state index in [2.05, 4.69) is 11.8 Å². The van der Waals surface area contributed by atoms with E-state index >= 15 is 0 Å². The molecular formula is C19H32N2O3. The third kappa shape index (κ3) is 3.55. The Bertz CT molecular complexity index is 491. The van der Waals surface area contributed by atoms with Crippen molar-refractivity contribution in [3.63, 3.8) is 0 Å². The Labute approximate surface area is 145 Å². The number of amides is 2. The summed E-state index contributed by atoms with van der Waals surface area (Å²) in [5.41, 5.74) is -0.537. The fourth-order valence-corrected chi connectivity index (χ4v) is 4.33. The van der Waals surface area contributed by atoms with Crippen molar-refractivity contribution in [1.82, 2.24) is 9.80 Å². The van der Waals surface area contributed by atoms with Crippen LogP contribution in [0.2, 0.25) is 0 Å². The van der Waals surface area contributed by atoms with Crippen molar-refractivity contribution >= 4 is 12.0 Å². The quantitative estimate of drug-likeness (QED) is 0.738. The molecule has 2 heterocycles. The minimum Gasteiger partial charge on any atom is -0.444 e. The highest BCUT2D eigenvalue weighted by Gasteiger charge is 2.44. The van der Waals surface area contributed by atoms with Crippen LogP contribution in [-0.2, 0) is 9.53 Å². The minimum absolute atomic E-state index is 0.0952. The number of hydrogen-bond donors (Lipinski definition) is 0. The van der Waals surface area contributed by atoms with Gasteiger partial charge >= 0.3 is 6.09 Å². The second-order valence-corrected chi connectivity index (χ2v) is 9.19. The molecule has 1 saturated carbocycles. The smallest absolute Gasteiger partial charge is 0.410 e. The van der Waals surface area contributed by atoms with E-state index in [1.807, 2.05) is 25.7 Å². The summed E-state index contributed by atoms with van der Waals surface area (Å²) >= 11 is 0. The number of nitrogens with zero attached hydrogens (tertiary/aromatic N) is 2. The highest BCUT2D eigenvalue weighted by Crippen LogP contribution is 2.43. The van der Waals surface area contributed by atoms with Gasteiger partial charge in [-0.3, -0.25) is 4.79 Å². The van der Waals surface area contributed by atoms with E-state index < -0.39 is 5.60 Å². The number of fused-ring (bicyclic) bond motifs is 1. The van der Waals surface area contributed by atoms with Gasteiger partial charge in [0, 0.05) is 31.6 Å². The van der Waals surface area contributed by atoms with Gasteiger partial charge in [0.25, 0.3) is 0 Å². The SMILES string of the molecule is CC(C)(C)OC(=O)N1C[C@H]2CCN(C(=O)C3(C)CCC3)CC[C@H]2C1. The van der Waals surface area contributed by atoms with Crippen LogP contribution in [0.25, 0.3) is 0 Å². The van der Waals surface area contributed by atoms with Gasteiger partial charge in [0.05, 0.1) is 0 Å². The summed E-state index contributed by atoms with van der Waals surface area (Å²) in [5, 5.41) is 0. The first kappa shape index (κ1) is 17.6.